The number of benzene rings is 2. The van der Waals surface area contributed by atoms with Gasteiger partial charge in [0.1, 0.15) is 23.7 Å². The van der Waals surface area contributed by atoms with Gasteiger partial charge in [-0.15, -0.1) is 0 Å². The number of hydrogen-bond donors (Lipinski definition) is 12. The monoisotopic (exact) mass is 1390 g/mol. The summed E-state index contributed by atoms with van der Waals surface area (Å²) in [6.07, 6.45) is 6.20. The summed E-state index contributed by atoms with van der Waals surface area (Å²) in [6, 6.07) is 14.8. The Morgan fingerprint density at radius 2 is 0.745 bits per heavy atom. The molecule has 0 saturated heterocycles. The molecule has 4 aromatic rings. The summed E-state index contributed by atoms with van der Waals surface area (Å²) in [5, 5.41) is 48.3. The number of unbranched alkanes of at least 4 members (excludes halogenated alkanes) is 3. The Morgan fingerprint density at radius 3 is 1.10 bits per heavy atom. The number of nitrogens with zero attached hydrogens (tertiary/aromatic N) is 2. The first-order valence-corrected chi connectivity index (χ1v) is 32.3. The van der Waals surface area contributed by atoms with Crippen LogP contribution in [0.25, 0.3) is 0 Å². The minimum absolute atomic E-state index is 0.0622. The number of carboxylic acids is 2. The zero-order chi connectivity index (χ0) is 68.0. The Morgan fingerprint density at radius 1 is 0.404 bits per heavy atom. The molecule has 32 heteroatoms. The Kier molecular flexibility index (Phi) is 40.7. The maximum atomic E-state index is 13.6. The van der Waals surface area contributed by atoms with Crippen molar-refractivity contribution in [3.63, 3.8) is 0 Å². The lowest BCUT2D eigenvalue weighted by atomic mass is 10.0. The number of anilines is 2. The van der Waals surface area contributed by atoms with Crippen molar-refractivity contribution in [3.8, 4) is 0 Å². The van der Waals surface area contributed by atoms with Crippen molar-refractivity contribution in [3.05, 3.63) is 116 Å². The smallest absolute Gasteiger partial charge is 0.314 e. The number of rotatable bonds is 51. The van der Waals surface area contributed by atoms with E-state index in [0.29, 0.717) is 87.5 Å². The minimum atomic E-state index is -1.18. The van der Waals surface area contributed by atoms with Crippen molar-refractivity contribution in [2.45, 2.75) is 88.4 Å². The highest BCUT2D eigenvalue weighted by Crippen LogP contribution is 2.27. The summed E-state index contributed by atoms with van der Waals surface area (Å²) in [4.78, 5) is 110. The number of hydrogen-bond acceptors (Lipinski definition) is 18. The number of nitrogens with one attached hydrogen (secondary N) is 10. The maximum absolute atomic E-state index is 13.6. The van der Waals surface area contributed by atoms with Crippen LogP contribution in [0, 0.1) is 0 Å². The van der Waals surface area contributed by atoms with Gasteiger partial charge in [-0.2, -0.15) is 0 Å². The molecule has 2 aromatic carbocycles. The molecule has 0 aliphatic rings. The molecule has 8 amide bonds. The lowest BCUT2D eigenvalue weighted by molar-refractivity contribution is -0.139. The summed E-state index contributed by atoms with van der Waals surface area (Å²) >= 11 is 24.7. The van der Waals surface area contributed by atoms with Crippen LogP contribution in [-0.4, -0.2) is 198 Å². The molecule has 94 heavy (non-hydrogen) atoms. The number of urea groups is 2. The molecule has 0 aliphatic carbocycles. The fourth-order valence-electron chi connectivity index (χ4n) is 8.57. The van der Waals surface area contributed by atoms with Gasteiger partial charge >= 0.3 is 24.0 Å². The summed E-state index contributed by atoms with van der Waals surface area (Å²) < 4.78 is 33.6. The van der Waals surface area contributed by atoms with Gasteiger partial charge in [-0.3, -0.25) is 28.8 Å². The van der Waals surface area contributed by atoms with Crippen LogP contribution in [0.3, 0.4) is 0 Å². The van der Waals surface area contributed by atoms with E-state index >= 15 is 0 Å². The van der Waals surface area contributed by atoms with Crippen molar-refractivity contribution in [2.24, 2.45) is 0 Å². The highest BCUT2D eigenvalue weighted by Gasteiger charge is 2.28. The highest BCUT2D eigenvalue weighted by molar-refractivity contribution is 6.35. The Balaban J connectivity index is 0.992. The molecule has 0 saturated carbocycles. The van der Waals surface area contributed by atoms with Crippen LogP contribution >= 0.6 is 46.4 Å². The van der Waals surface area contributed by atoms with Gasteiger partial charge in [0.15, 0.2) is 0 Å². The lowest BCUT2D eigenvalue weighted by Crippen LogP contribution is -2.50. The van der Waals surface area contributed by atoms with Crippen molar-refractivity contribution >= 4 is 106 Å². The van der Waals surface area contributed by atoms with Crippen LogP contribution in [0.4, 0.5) is 21.2 Å². The number of aromatic nitrogens is 2. The molecular weight excluding hydrogens is 1310 g/mol. The van der Waals surface area contributed by atoms with E-state index in [1.807, 2.05) is 36.4 Å². The maximum Gasteiger partial charge on any atom is 0.314 e. The number of aliphatic carboxylic acids is 2. The molecule has 0 fully saturated rings. The van der Waals surface area contributed by atoms with Crippen LogP contribution in [0.2, 0.25) is 20.1 Å². The zero-order valence-corrected chi connectivity index (χ0v) is 55.2. The molecular formula is C62H86Cl4N12O16. The van der Waals surface area contributed by atoms with Crippen LogP contribution in [0.1, 0.15) is 87.4 Å². The van der Waals surface area contributed by atoms with Crippen molar-refractivity contribution < 1.29 is 77.0 Å². The van der Waals surface area contributed by atoms with Crippen molar-refractivity contribution in [2.75, 3.05) is 129 Å². The molecule has 0 spiro atoms. The lowest BCUT2D eigenvalue weighted by Gasteiger charge is -2.23. The zero-order valence-electron chi connectivity index (χ0n) is 52.2. The first kappa shape index (κ1) is 79.1. The van der Waals surface area contributed by atoms with E-state index in [1.165, 1.54) is 36.4 Å². The fraction of sp³-hybridized carbons (Fsp3) is 0.516. The molecule has 2 aromatic heterocycles. The largest absolute Gasteiger partial charge is 0.481 e. The van der Waals surface area contributed by atoms with E-state index < -0.39 is 72.6 Å². The molecule has 4 rings (SSSR count). The number of pyridine rings is 2. The first-order valence-electron chi connectivity index (χ1n) is 30.8. The topological polar surface area (TPSA) is 378 Å². The molecule has 0 bridgehead atoms. The quantitative estimate of drug-likeness (QED) is 0.0223. The second kappa shape index (κ2) is 48.3. The van der Waals surface area contributed by atoms with Gasteiger partial charge in [-0.05, 0) is 110 Å². The van der Waals surface area contributed by atoms with Gasteiger partial charge < -0.3 is 91.8 Å². The van der Waals surface area contributed by atoms with E-state index in [2.05, 4.69) is 63.1 Å². The number of halogens is 4. The van der Waals surface area contributed by atoms with E-state index in [4.69, 9.17) is 74.8 Å². The van der Waals surface area contributed by atoms with Crippen molar-refractivity contribution in [1.82, 2.24) is 52.5 Å². The average molecular weight is 1400 g/mol. The third-order valence-corrected chi connectivity index (χ3v) is 14.0. The van der Waals surface area contributed by atoms with E-state index in [-0.39, 0.29) is 137 Å². The predicted molar refractivity (Wildman–Crippen MR) is 353 cm³/mol. The number of carboxylic acid groups (broad SMARTS) is 2. The van der Waals surface area contributed by atoms with Gasteiger partial charge in [0, 0.05) is 84.6 Å². The minimum Gasteiger partial charge on any atom is -0.481 e. The van der Waals surface area contributed by atoms with E-state index in [9.17, 15) is 48.6 Å². The number of carbonyl (C=O) groups excluding carboxylic acids is 6. The summed E-state index contributed by atoms with van der Waals surface area (Å²) in [7, 11) is 0. The van der Waals surface area contributed by atoms with Gasteiger partial charge in [-0.25, -0.2) is 19.6 Å². The Bertz CT molecular complexity index is 2670. The summed E-state index contributed by atoms with van der Waals surface area (Å²) in [5.74, 6) is -3.06. The van der Waals surface area contributed by atoms with Crippen LogP contribution in [-0.2, 0) is 57.2 Å². The Hall–Kier alpha value is -7.38. The first-order chi connectivity index (χ1) is 45.4. The van der Waals surface area contributed by atoms with E-state index in [1.54, 1.807) is 12.4 Å². The predicted octanol–water partition coefficient (Wildman–Crippen LogP) is 6.07. The molecule has 4 atom stereocenters. The third kappa shape index (κ3) is 37.5. The van der Waals surface area contributed by atoms with Gasteiger partial charge in [0.2, 0.25) is 23.6 Å². The highest BCUT2D eigenvalue weighted by atomic mass is 35.5. The summed E-state index contributed by atoms with van der Waals surface area (Å²) in [5.41, 5.74) is 0.742. The van der Waals surface area contributed by atoms with E-state index in [0.717, 1.165) is 0 Å². The molecule has 2 unspecified atom stereocenters. The van der Waals surface area contributed by atoms with Gasteiger partial charge in [0.05, 0.1) is 104 Å². The van der Waals surface area contributed by atoms with Crippen LogP contribution in [0.5, 0.6) is 0 Å². The van der Waals surface area contributed by atoms with Crippen molar-refractivity contribution in [1.29, 1.82) is 0 Å². The fourth-order valence-corrected chi connectivity index (χ4v) is 9.66. The van der Waals surface area contributed by atoms with Gasteiger partial charge in [0.25, 0.3) is 0 Å². The van der Waals surface area contributed by atoms with Gasteiger partial charge in [-0.1, -0.05) is 58.5 Å². The second-order valence-corrected chi connectivity index (χ2v) is 22.6. The molecule has 0 aliphatic heterocycles. The average Bonchev–Trinajstić information content (AvgIpc) is 0.889. The molecule has 12 N–H and O–H groups in total. The molecule has 2 heterocycles. The molecule has 518 valence electrons. The van der Waals surface area contributed by atoms with Crippen LogP contribution < -0.4 is 53.2 Å². The normalized spacial score (nSPS) is 12.3. The molecule has 0 radical (unpaired) electrons. The standard InChI is InChI=1S/C62H86Cl4N12O16/c63-45-33-43(34-46(64)37-45)49(39-57(81)82)77-59(85)51(75-55(79)13-3-7-17-69-53-11-1-5-15-67-53)41-93-31-29-91-27-25-89-23-21-73-61(87)71-19-9-10-20-72-62(88)74-22-24-90-26-28-92-30-32-94-42-52(76-56(80)14-4-8-18-70-54-12-2-6-16-68-54)60(86)78-50(40-58(83)84)44-35-47(65)38-48(66)36-44/h1-2,5-6,11-12,15-16,33-38,49-52H,3-4,7-10,13-14,17-32,39-42H2,(H,67,69)(H,68,70)(H,75,79)(H,76,80)(H,77,85)(H,78,86)(H,81,82)(H,83,84)(H2,71,73,87)(H2,72,74,88)/t49?,50?,51-,52-/m0/s1. The second-order valence-electron chi connectivity index (χ2n) is 20.8. The number of carbonyl (C=O) groups is 8. The summed E-state index contributed by atoms with van der Waals surface area (Å²) in [6.45, 7) is 3.64. The van der Waals surface area contributed by atoms with Crippen LogP contribution in [0.15, 0.2) is 85.2 Å². The molecule has 28 nitrogen and oxygen atoms in total. The third-order valence-electron chi connectivity index (χ3n) is 13.2. The number of ether oxygens (including phenoxy) is 6. The SMILES string of the molecule is O=C(O)CC(NC(=O)[C@H](COCCOCCOCCNC(=O)NCCCCNC(=O)NCCOCCOCCOC[C@H](NC(=O)CCCCNc1ccccn1)C(=O)NC(CC(=O)O)c1cc(Cl)cc(Cl)c1)NC(=O)CCCCNc1ccccn1)c1cc(Cl)cc(Cl)c1. The number of amides is 8. The Labute approximate surface area is 566 Å².